The van der Waals surface area contributed by atoms with E-state index in [0.717, 1.165) is 18.4 Å². The van der Waals surface area contributed by atoms with Crippen LogP contribution in [-0.4, -0.2) is 42.1 Å². The molecule has 2 saturated heterocycles. The van der Waals surface area contributed by atoms with E-state index >= 15 is 0 Å². The summed E-state index contributed by atoms with van der Waals surface area (Å²) in [6.07, 6.45) is 1.29. The van der Waals surface area contributed by atoms with Crippen LogP contribution in [0.15, 0.2) is 30.3 Å². The van der Waals surface area contributed by atoms with Crippen LogP contribution < -0.4 is 5.32 Å². The SMILES string of the molecule is CC(C)(C)OC(=O)N1CCC[C@]2(C1)C(=O)NCC2c1ccccc1. The molecule has 1 spiro atoms. The highest BCUT2D eigenvalue weighted by Gasteiger charge is 2.53. The Balaban J connectivity index is 1.84. The molecule has 0 saturated carbocycles. The van der Waals surface area contributed by atoms with Crippen LogP contribution in [0.2, 0.25) is 0 Å². The second kappa shape index (κ2) is 6.11. The summed E-state index contributed by atoms with van der Waals surface area (Å²) in [5, 5.41) is 3.02. The Bertz CT molecular complexity index is 623. The fourth-order valence-electron chi connectivity index (χ4n) is 3.88. The van der Waals surface area contributed by atoms with Crippen molar-refractivity contribution in [3.8, 4) is 0 Å². The van der Waals surface area contributed by atoms with Crippen LogP contribution >= 0.6 is 0 Å². The summed E-state index contributed by atoms with van der Waals surface area (Å²) >= 11 is 0. The number of nitrogens with one attached hydrogen (secondary N) is 1. The lowest BCUT2D eigenvalue weighted by molar-refractivity contribution is -0.130. The second-order valence-corrected chi connectivity index (χ2v) is 7.83. The standard InChI is InChI=1S/C19H26N2O3/c1-18(2,3)24-17(23)21-11-7-10-19(13-21)15(12-20-16(19)22)14-8-5-4-6-9-14/h4-6,8-9,15H,7,10-13H2,1-3H3,(H,20,22)/t15?,19-/m1/s1. The van der Waals surface area contributed by atoms with Gasteiger partial charge in [0.25, 0.3) is 0 Å². The molecule has 1 aromatic rings. The van der Waals surface area contributed by atoms with Crippen molar-refractivity contribution >= 4 is 12.0 Å². The molecule has 1 aromatic carbocycles. The van der Waals surface area contributed by atoms with E-state index in [0.29, 0.717) is 19.6 Å². The zero-order valence-corrected chi connectivity index (χ0v) is 14.7. The minimum Gasteiger partial charge on any atom is -0.444 e. The number of benzene rings is 1. The largest absolute Gasteiger partial charge is 0.444 e. The Morgan fingerprint density at radius 3 is 2.67 bits per heavy atom. The highest BCUT2D eigenvalue weighted by atomic mass is 16.6. The van der Waals surface area contributed by atoms with Crippen LogP contribution in [0.25, 0.3) is 0 Å². The van der Waals surface area contributed by atoms with Crippen molar-refractivity contribution < 1.29 is 14.3 Å². The Morgan fingerprint density at radius 2 is 2.00 bits per heavy atom. The van der Waals surface area contributed by atoms with Crippen LogP contribution in [0, 0.1) is 5.41 Å². The van der Waals surface area contributed by atoms with Crippen LogP contribution in [0.3, 0.4) is 0 Å². The molecule has 1 unspecified atom stereocenters. The number of hydrogen-bond acceptors (Lipinski definition) is 3. The van der Waals surface area contributed by atoms with Gasteiger partial charge in [0, 0.05) is 25.6 Å². The summed E-state index contributed by atoms with van der Waals surface area (Å²) in [5.41, 5.74) is 0.0801. The van der Waals surface area contributed by atoms with Gasteiger partial charge in [-0.3, -0.25) is 4.79 Å². The fraction of sp³-hybridized carbons (Fsp3) is 0.579. The van der Waals surface area contributed by atoms with Gasteiger partial charge in [-0.25, -0.2) is 4.79 Å². The van der Waals surface area contributed by atoms with Crippen LogP contribution in [0.4, 0.5) is 4.79 Å². The van der Waals surface area contributed by atoms with Gasteiger partial charge in [-0.15, -0.1) is 0 Å². The molecule has 2 aliphatic rings. The van der Waals surface area contributed by atoms with Crippen LogP contribution in [-0.2, 0) is 9.53 Å². The molecule has 2 amide bonds. The van der Waals surface area contributed by atoms with Crippen molar-refractivity contribution in [2.75, 3.05) is 19.6 Å². The lowest BCUT2D eigenvalue weighted by Gasteiger charge is -2.42. The third-order valence-electron chi connectivity index (χ3n) is 4.96. The number of nitrogens with zero attached hydrogens (tertiary/aromatic N) is 1. The van der Waals surface area contributed by atoms with Crippen molar-refractivity contribution in [2.45, 2.75) is 45.1 Å². The van der Waals surface area contributed by atoms with Crippen molar-refractivity contribution in [3.63, 3.8) is 0 Å². The molecule has 2 atom stereocenters. The highest BCUT2D eigenvalue weighted by molar-refractivity contribution is 5.87. The minimum atomic E-state index is -0.545. The Morgan fingerprint density at radius 1 is 1.29 bits per heavy atom. The predicted octanol–water partition coefficient (Wildman–Crippen LogP) is 2.92. The van der Waals surface area contributed by atoms with Crippen molar-refractivity contribution in [2.24, 2.45) is 5.41 Å². The Hall–Kier alpha value is -2.04. The van der Waals surface area contributed by atoms with Crippen LogP contribution in [0.5, 0.6) is 0 Å². The van der Waals surface area contributed by atoms with Gasteiger partial charge in [-0.2, -0.15) is 0 Å². The van der Waals surface area contributed by atoms with E-state index in [1.165, 1.54) is 0 Å². The monoisotopic (exact) mass is 330 g/mol. The van der Waals surface area contributed by atoms with Gasteiger partial charge >= 0.3 is 6.09 Å². The van der Waals surface area contributed by atoms with Gasteiger partial charge in [0.1, 0.15) is 5.60 Å². The first-order valence-electron chi connectivity index (χ1n) is 8.63. The Labute approximate surface area is 143 Å². The first kappa shape index (κ1) is 16.8. The molecule has 3 rings (SSSR count). The number of hydrogen-bond donors (Lipinski definition) is 1. The summed E-state index contributed by atoms with van der Waals surface area (Å²) in [6.45, 7) is 7.28. The average Bonchev–Trinajstić information content (AvgIpc) is 2.83. The summed E-state index contributed by atoms with van der Waals surface area (Å²) < 4.78 is 5.51. The normalized spacial score (nSPS) is 27.2. The quantitative estimate of drug-likeness (QED) is 0.861. The van der Waals surface area contributed by atoms with Crippen LogP contribution in [0.1, 0.15) is 45.1 Å². The van der Waals surface area contributed by atoms with Crippen molar-refractivity contribution in [3.05, 3.63) is 35.9 Å². The predicted molar refractivity (Wildman–Crippen MR) is 91.7 cm³/mol. The molecule has 24 heavy (non-hydrogen) atoms. The summed E-state index contributed by atoms with van der Waals surface area (Å²) in [5.74, 6) is 0.154. The molecule has 5 heteroatoms. The third kappa shape index (κ3) is 3.12. The van der Waals surface area contributed by atoms with Crippen molar-refractivity contribution in [1.82, 2.24) is 10.2 Å². The maximum absolute atomic E-state index is 12.7. The molecule has 2 aliphatic heterocycles. The van der Waals surface area contributed by atoms with E-state index in [1.54, 1.807) is 4.90 Å². The summed E-state index contributed by atoms with van der Waals surface area (Å²) in [6, 6.07) is 10.1. The lowest BCUT2D eigenvalue weighted by atomic mass is 9.69. The van der Waals surface area contributed by atoms with E-state index in [2.05, 4.69) is 17.4 Å². The van der Waals surface area contributed by atoms with Gasteiger partial charge in [0.15, 0.2) is 0 Å². The van der Waals surface area contributed by atoms with Gasteiger partial charge in [-0.05, 0) is 39.2 Å². The van der Waals surface area contributed by atoms with Gasteiger partial charge in [0.05, 0.1) is 5.41 Å². The third-order valence-corrected chi connectivity index (χ3v) is 4.96. The molecule has 0 aromatic heterocycles. The molecule has 2 fully saturated rings. The molecular weight excluding hydrogens is 304 g/mol. The van der Waals surface area contributed by atoms with Gasteiger partial charge < -0.3 is 15.0 Å². The smallest absolute Gasteiger partial charge is 0.410 e. The first-order chi connectivity index (χ1) is 11.3. The maximum Gasteiger partial charge on any atom is 0.410 e. The molecule has 5 nitrogen and oxygen atoms in total. The van der Waals surface area contributed by atoms with Gasteiger partial charge in [0.2, 0.25) is 5.91 Å². The number of carbonyl (C=O) groups is 2. The van der Waals surface area contributed by atoms with Crippen molar-refractivity contribution in [1.29, 1.82) is 0 Å². The molecule has 0 aliphatic carbocycles. The van der Waals surface area contributed by atoms with Gasteiger partial charge in [-0.1, -0.05) is 30.3 Å². The number of likely N-dealkylation sites (tertiary alicyclic amines) is 1. The fourth-order valence-corrected chi connectivity index (χ4v) is 3.88. The van der Waals surface area contributed by atoms with E-state index < -0.39 is 11.0 Å². The van der Waals surface area contributed by atoms with E-state index in [9.17, 15) is 9.59 Å². The zero-order valence-electron chi connectivity index (χ0n) is 14.7. The number of amides is 2. The second-order valence-electron chi connectivity index (χ2n) is 7.83. The molecule has 0 radical (unpaired) electrons. The number of ether oxygens (including phenoxy) is 1. The van der Waals surface area contributed by atoms with E-state index in [-0.39, 0.29) is 17.9 Å². The highest BCUT2D eigenvalue weighted by Crippen LogP contribution is 2.46. The molecular formula is C19H26N2O3. The lowest BCUT2D eigenvalue weighted by Crippen LogP contribution is -2.52. The van der Waals surface area contributed by atoms with E-state index in [4.69, 9.17) is 4.74 Å². The number of piperidine rings is 1. The molecule has 130 valence electrons. The maximum atomic E-state index is 12.7. The number of carbonyl (C=O) groups excluding carboxylic acids is 2. The molecule has 2 heterocycles. The summed E-state index contributed by atoms with van der Waals surface area (Å²) in [7, 11) is 0. The zero-order chi connectivity index (χ0) is 17.4. The van der Waals surface area contributed by atoms with E-state index in [1.807, 2.05) is 39.0 Å². The first-order valence-corrected chi connectivity index (χ1v) is 8.63. The Kier molecular flexibility index (Phi) is 4.28. The average molecular weight is 330 g/mol. The number of rotatable bonds is 1. The summed E-state index contributed by atoms with van der Waals surface area (Å²) in [4.78, 5) is 26.9. The minimum absolute atomic E-state index is 0.0598. The topological polar surface area (TPSA) is 58.6 Å². The molecule has 0 bridgehead atoms. The molecule has 1 N–H and O–H groups in total.